The number of nitrogens with zero attached hydrogens (tertiary/aromatic N) is 3. The van der Waals surface area contributed by atoms with Gasteiger partial charge >= 0.3 is 0 Å². The van der Waals surface area contributed by atoms with Crippen molar-refractivity contribution in [1.82, 2.24) is 15.0 Å². The highest BCUT2D eigenvalue weighted by Gasteiger charge is 2.23. The van der Waals surface area contributed by atoms with Crippen LogP contribution in [0.15, 0.2) is 36.4 Å². The van der Waals surface area contributed by atoms with Gasteiger partial charge in [0, 0.05) is 0 Å². The summed E-state index contributed by atoms with van der Waals surface area (Å²) in [6.45, 7) is 14.4. The lowest BCUT2D eigenvalue weighted by atomic mass is 9.87. The van der Waals surface area contributed by atoms with Crippen molar-refractivity contribution < 1.29 is 14.3 Å². The molecule has 1 N–H and O–H groups in total. The van der Waals surface area contributed by atoms with Crippen molar-refractivity contribution in [1.29, 1.82) is 0 Å². The minimum atomic E-state index is -0.338. The Labute approximate surface area is 202 Å². The van der Waals surface area contributed by atoms with Crippen molar-refractivity contribution in [2.24, 2.45) is 0 Å². The highest BCUT2D eigenvalue weighted by molar-refractivity contribution is 6.04. The molecule has 1 heterocycles. The number of rotatable bonds is 8. The molecule has 0 aliphatic heterocycles. The fourth-order valence-corrected chi connectivity index (χ4v) is 3.79. The number of aromatic nitrogens is 3. The predicted octanol–water partition coefficient (Wildman–Crippen LogP) is 6.01. The Morgan fingerprint density at radius 3 is 2.47 bits per heavy atom. The van der Waals surface area contributed by atoms with Crippen molar-refractivity contribution in [2.75, 3.05) is 12.4 Å². The van der Waals surface area contributed by atoms with Crippen LogP contribution in [0.2, 0.25) is 0 Å². The maximum Gasteiger partial charge on any atom is 0.278 e. The van der Waals surface area contributed by atoms with Gasteiger partial charge in [-0.3, -0.25) is 4.79 Å². The molecule has 2 aromatic carbocycles. The molecule has 1 unspecified atom stereocenters. The number of anilines is 1. The number of carbonyl (C=O) groups is 1. The molecule has 0 fully saturated rings. The second kappa shape index (κ2) is 10.3. The number of benzene rings is 2. The van der Waals surface area contributed by atoms with Gasteiger partial charge in [0.15, 0.2) is 5.69 Å². The Morgan fingerprint density at radius 1 is 1.12 bits per heavy atom. The van der Waals surface area contributed by atoms with E-state index in [2.05, 4.69) is 49.4 Å². The van der Waals surface area contributed by atoms with Gasteiger partial charge in [-0.1, -0.05) is 51.5 Å². The summed E-state index contributed by atoms with van der Waals surface area (Å²) in [5.41, 5.74) is 4.31. The summed E-state index contributed by atoms with van der Waals surface area (Å²) in [4.78, 5) is 13.3. The van der Waals surface area contributed by atoms with Crippen molar-refractivity contribution in [2.45, 2.75) is 72.8 Å². The summed E-state index contributed by atoms with van der Waals surface area (Å²) in [6, 6.07) is 11.8. The number of amides is 1. The van der Waals surface area contributed by atoms with E-state index in [0.717, 1.165) is 29.7 Å². The summed E-state index contributed by atoms with van der Waals surface area (Å²) in [7, 11) is 1.61. The number of hydrogen-bond donors (Lipinski definition) is 1. The highest BCUT2D eigenvalue weighted by Crippen LogP contribution is 2.33. The molecular formula is C27H36N4O3. The number of aryl methyl sites for hydroxylation is 1. The minimum Gasteiger partial charge on any atom is -0.494 e. The number of carbonyl (C=O) groups excluding carboxylic acids is 1. The molecule has 7 heteroatoms. The predicted molar refractivity (Wildman–Crippen MR) is 135 cm³/mol. The third-order valence-electron chi connectivity index (χ3n) is 5.79. The normalized spacial score (nSPS) is 12.4. The van der Waals surface area contributed by atoms with Gasteiger partial charge in [-0.15, -0.1) is 5.10 Å². The molecule has 7 nitrogen and oxygen atoms in total. The van der Waals surface area contributed by atoms with Crippen molar-refractivity contribution in [3.05, 3.63) is 58.9 Å². The molecule has 182 valence electrons. The Balaban J connectivity index is 1.96. The molecule has 3 rings (SSSR count). The topological polar surface area (TPSA) is 78.3 Å². The van der Waals surface area contributed by atoms with Crippen LogP contribution in [0.5, 0.6) is 11.5 Å². The molecule has 0 spiro atoms. The molecule has 0 radical (unpaired) electrons. The number of ether oxygens (including phenoxy) is 2. The van der Waals surface area contributed by atoms with E-state index >= 15 is 0 Å². The average Bonchev–Trinajstić information content (AvgIpc) is 3.15. The fraction of sp³-hybridized carbons (Fsp3) is 0.444. The molecule has 1 amide bonds. The second-order valence-corrected chi connectivity index (χ2v) is 9.74. The van der Waals surface area contributed by atoms with E-state index in [1.165, 1.54) is 0 Å². The lowest BCUT2D eigenvalue weighted by Crippen LogP contribution is -2.19. The largest absolute Gasteiger partial charge is 0.494 e. The average molecular weight is 465 g/mol. The quantitative estimate of drug-likeness (QED) is 0.442. The van der Waals surface area contributed by atoms with Crippen LogP contribution >= 0.6 is 0 Å². The summed E-state index contributed by atoms with van der Waals surface area (Å²) < 4.78 is 13.3. The number of methoxy groups -OCH3 is 1. The van der Waals surface area contributed by atoms with Crippen LogP contribution in [0.3, 0.4) is 0 Å². The van der Waals surface area contributed by atoms with Crippen LogP contribution in [0.4, 0.5) is 5.69 Å². The zero-order chi connectivity index (χ0) is 25.0. The van der Waals surface area contributed by atoms with Gasteiger partial charge in [-0.05, 0) is 68.0 Å². The van der Waals surface area contributed by atoms with Gasteiger partial charge in [-0.2, -0.15) is 0 Å². The molecular weight excluding hydrogens is 428 g/mol. The van der Waals surface area contributed by atoms with E-state index in [4.69, 9.17) is 9.47 Å². The molecule has 0 bridgehead atoms. The second-order valence-electron chi connectivity index (χ2n) is 9.74. The zero-order valence-electron chi connectivity index (χ0n) is 21.5. The van der Waals surface area contributed by atoms with Crippen molar-refractivity contribution in [3.63, 3.8) is 0 Å². The van der Waals surface area contributed by atoms with Gasteiger partial charge in [0.2, 0.25) is 0 Å². The molecule has 1 atom stereocenters. The van der Waals surface area contributed by atoms with Crippen LogP contribution in [0.1, 0.15) is 74.8 Å². The maximum atomic E-state index is 13.3. The summed E-state index contributed by atoms with van der Waals surface area (Å²) in [6.07, 6.45) is 1.99. The first-order valence-electron chi connectivity index (χ1n) is 11.7. The van der Waals surface area contributed by atoms with Crippen LogP contribution in [-0.2, 0) is 5.41 Å². The third kappa shape index (κ3) is 5.58. The first-order valence-corrected chi connectivity index (χ1v) is 11.7. The molecule has 3 aromatic rings. The summed E-state index contributed by atoms with van der Waals surface area (Å²) >= 11 is 0. The smallest absolute Gasteiger partial charge is 0.278 e. The van der Waals surface area contributed by atoms with Gasteiger partial charge in [-0.25, -0.2) is 4.68 Å². The van der Waals surface area contributed by atoms with Gasteiger partial charge < -0.3 is 14.8 Å². The van der Waals surface area contributed by atoms with Gasteiger partial charge in [0.1, 0.15) is 17.2 Å². The van der Waals surface area contributed by atoms with Gasteiger partial charge in [0.25, 0.3) is 5.91 Å². The van der Waals surface area contributed by atoms with Crippen molar-refractivity contribution >= 4 is 11.6 Å². The standard InChI is InChI=1S/C27H36N4O3/c1-9-10-18(3)34-23-14-12-20(27(5,6)7)16-21(23)28-26(32)25-19(4)31(30-29-25)22-15-17(2)11-13-24(22)33-8/h11-16,18H,9-10H2,1-8H3,(H,28,32). The lowest BCUT2D eigenvalue weighted by molar-refractivity contribution is 0.102. The highest BCUT2D eigenvalue weighted by atomic mass is 16.5. The van der Waals surface area contributed by atoms with E-state index in [-0.39, 0.29) is 23.1 Å². The maximum absolute atomic E-state index is 13.3. The van der Waals surface area contributed by atoms with E-state index < -0.39 is 0 Å². The first-order chi connectivity index (χ1) is 16.0. The van der Waals surface area contributed by atoms with Gasteiger partial charge in [0.05, 0.1) is 24.6 Å². The number of nitrogens with one attached hydrogen (secondary N) is 1. The van der Waals surface area contributed by atoms with Crippen LogP contribution in [-0.4, -0.2) is 34.1 Å². The van der Waals surface area contributed by atoms with Crippen molar-refractivity contribution in [3.8, 4) is 17.2 Å². The molecule has 0 aliphatic rings. The Morgan fingerprint density at radius 2 is 1.82 bits per heavy atom. The molecule has 1 aromatic heterocycles. The van der Waals surface area contributed by atoms with Crippen LogP contribution < -0.4 is 14.8 Å². The lowest BCUT2D eigenvalue weighted by Gasteiger charge is -2.23. The molecule has 0 saturated heterocycles. The Kier molecular flexibility index (Phi) is 7.64. The zero-order valence-corrected chi connectivity index (χ0v) is 21.5. The van der Waals surface area contributed by atoms with Crippen LogP contribution in [0.25, 0.3) is 5.69 Å². The molecule has 0 saturated carbocycles. The molecule has 0 aliphatic carbocycles. The number of hydrogen-bond acceptors (Lipinski definition) is 5. The van der Waals surface area contributed by atoms with E-state index in [0.29, 0.717) is 22.9 Å². The van der Waals surface area contributed by atoms with E-state index in [1.54, 1.807) is 11.8 Å². The first kappa shape index (κ1) is 25.3. The third-order valence-corrected chi connectivity index (χ3v) is 5.79. The Hall–Kier alpha value is -3.35. The molecule has 34 heavy (non-hydrogen) atoms. The minimum absolute atomic E-state index is 0.0394. The Bertz CT molecular complexity index is 1160. The van der Waals surface area contributed by atoms with Crippen LogP contribution in [0, 0.1) is 13.8 Å². The van der Waals surface area contributed by atoms with E-state index in [9.17, 15) is 4.79 Å². The van der Waals surface area contributed by atoms with E-state index in [1.807, 2.05) is 51.1 Å². The monoisotopic (exact) mass is 464 g/mol. The summed E-state index contributed by atoms with van der Waals surface area (Å²) in [5, 5.41) is 11.5. The summed E-state index contributed by atoms with van der Waals surface area (Å²) in [5.74, 6) is 0.964. The fourth-order valence-electron chi connectivity index (χ4n) is 3.79. The SMILES string of the molecule is CCCC(C)Oc1ccc(C(C)(C)C)cc1NC(=O)c1nnn(-c2cc(C)ccc2OC)c1C.